The molecule has 0 aromatic heterocycles. The van der Waals surface area contributed by atoms with Gasteiger partial charge >= 0.3 is 0 Å². The molecule has 27 heavy (non-hydrogen) atoms. The molecule has 4 rings (SSSR count). The van der Waals surface area contributed by atoms with Crippen LogP contribution >= 0.6 is 0 Å². The molecular formula is C26H24N+. The maximum absolute atomic E-state index is 3.35. The van der Waals surface area contributed by atoms with Gasteiger partial charge in [-0.05, 0) is 42.3 Å². The molecule has 3 aromatic carbocycles. The van der Waals surface area contributed by atoms with Crippen molar-refractivity contribution in [1.82, 2.24) is 0 Å². The Hall–Kier alpha value is -3.11. The first kappa shape index (κ1) is 17.3. The van der Waals surface area contributed by atoms with Crippen LogP contribution in [0.2, 0.25) is 0 Å². The zero-order chi connectivity index (χ0) is 18.9. The highest BCUT2D eigenvalue weighted by atomic mass is 15.0. The summed E-state index contributed by atoms with van der Waals surface area (Å²) in [6.07, 6.45) is 5.28. The Kier molecular flexibility index (Phi) is 4.42. The molecule has 0 N–H and O–H groups in total. The van der Waals surface area contributed by atoms with Crippen molar-refractivity contribution in [2.45, 2.75) is 25.7 Å². The van der Waals surface area contributed by atoms with Crippen molar-refractivity contribution < 1.29 is 4.58 Å². The molecule has 1 atom stereocenters. The molecule has 1 unspecified atom stereocenters. The molecule has 0 saturated heterocycles. The molecule has 1 aliphatic heterocycles. The molecule has 3 aromatic rings. The van der Waals surface area contributed by atoms with Crippen molar-refractivity contribution in [1.29, 1.82) is 0 Å². The number of rotatable bonds is 3. The second-order valence-electron chi connectivity index (χ2n) is 7.30. The van der Waals surface area contributed by atoms with Gasteiger partial charge in [0.1, 0.15) is 7.05 Å². The first-order valence-corrected chi connectivity index (χ1v) is 9.41. The first-order chi connectivity index (χ1) is 13.1. The molecule has 0 amide bonds. The quantitative estimate of drug-likeness (QED) is 0.405. The summed E-state index contributed by atoms with van der Waals surface area (Å²) in [7, 11) is 2.17. The van der Waals surface area contributed by atoms with Crippen molar-refractivity contribution in [2.75, 3.05) is 7.05 Å². The van der Waals surface area contributed by atoms with E-state index in [4.69, 9.17) is 0 Å². The Morgan fingerprint density at radius 2 is 1.67 bits per heavy atom. The van der Waals surface area contributed by atoms with Crippen LogP contribution in [0.1, 0.15) is 31.4 Å². The van der Waals surface area contributed by atoms with Gasteiger partial charge in [0.25, 0.3) is 0 Å². The zero-order valence-electron chi connectivity index (χ0n) is 16.2. The maximum Gasteiger partial charge on any atom is 0.210 e. The van der Waals surface area contributed by atoms with E-state index in [0.717, 1.165) is 6.42 Å². The number of nitrogens with zero attached hydrogens (tertiary/aromatic N) is 1. The van der Waals surface area contributed by atoms with Crippen LogP contribution in [0.4, 0.5) is 5.69 Å². The molecule has 0 spiro atoms. The monoisotopic (exact) mass is 350 g/mol. The van der Waals surface area contributed by atoms with Crippen LogP contribution in [0.25, 0.3) is 16.8 Å². The van der Waals surface area contributed by atoms with Gasteiger partial charge in [0, 0.05) is 24.1 Å². The Morgan fingerprint density at radius 1 is 0.926 bits per heavy atom. The Bertz CT molecular complexity index is 1120. The van der Waals surface area contributed by atoms with Gasteiger partial charge < -0.3 is 0 Å². The summed E-state index contributed by atoms with van der Waals surface area (Å²) in [4.78, 5) is 0. The number of hydrogen-bond donors (Lipinski definition) is 0. The zero-order valence-corrected chi connectivity index (χ0v) is 16.2. The summed E-state index contributed by atoms with van der Waals surface area (Å²) >= 11 is 0. The third-order valence-electron chi connectivity index (χ3n) is 5.60. The number of allylic oxidation sites excluding steroid dienone is 1. The van der Waals surface area contributed by atoms with Crippen LogP contribution in [0.3, 0.4) is 0 Å². The Balaban J connectivity index is 1.91. The minimum atomic E-state index is -0.140. The largest absolute Gasteiger partial charge is 0.210 e. The van der Waals surface area contributed by atoms with Gasteiger partial charge in [-0.1, -0.05) is 54.6 Å². The van der Waals surface area contributed by atoms with Gasteiger partial charge in [-0.3, -0.25) is 0 Å². The van der Waals surface area contributed by atoms with E-state index in [2.05, 4.69) is 109 Å². The normalized spacial score (nSPS) is 18.6. The van der Waals surface area contributed by atoms with E-state index in [1.54, 1.807) is 0 Å². The lowest BCUT2D eigenvalue weighted by atomic mass is 9.74. The lowest BCUT2D eigenvalue weighted by Gasteiger charge is -2.21. The highest BCUT2D eigenvalue weighted by molar-refractivity contribution is 6.09. The second-order valence-corrected chi connectivity index (χ2v) is 7.30. The van der Waals surface area contributed by atoms with Gasteiger partial charge in [0.05, 0.1) is 5.41 Å². The molecular weight excluding hydrogens is 326 g/mol. The molecule has 0 bridgehead atoms. The van der Waals surface area contributed by atoms with Crippen molar-refractivity contribution in [3.05, 3.63) is 83.9 Å². The highest BCUT2D eigenvalue weighted by Crippen LogP contribution is 2.45. The van der Waals surface area contributed by atoms with Crippen LogP contribution in [0.15, 0.2) is 72.8 Å². The summed E-state index contributed by atoms with van der Waals surface area (Å²) in [6.45, 7) is 4.25. The van der Waals surface area contributed by atoms with Gasteiger partial charge in [-0.2, -0.15) is 4.58 Å². The maximum atomic E-state index is 3.35. The first-order valence-electron chi connectivity index (χ1n) is 9.41. The average molecular weight is 350 g/mol. The fraction of sp³-hybridized carbons (Fsp3) is 0.192. The van der Waals surface area contributed by atoms with Crippen molar-refractivity contribution >= 4 is 28.2 Å². The number of benzene rings is 3. The minimum absolute atomic E-state index is 0.140. The van der Waals surface area contributed by atoms with E-state index in [9.17, 15) is 0 Å². The molecule has 132 valence electrons. The minimum Gasteiger partial charge on any atom is -0.198 e. The van der Waals surface area contributed by atoms with E-state index in [-0.39, 0.29) is 5.41 Å². The molecule has 0 fully saturated rings. The third kappa shape index (κ3) is 2.88. The lowest BCUT2D eigenvalue weighted by molar-refractivity contribution is -0.401. The summed E-state index contributed by atoms with van der Waals surface area (Å²) in [5.74, 6) is 6.46. The summed E-state index contributed by atoms with van der Waals surface area (Å²) in [6, 6.07) is 23.6. The van der Waals surface area contributed by atoms with E-state index >= 15 is 0 Å². The van der Waals surface area contributed by atoms with Gasteiger partial charge in [-0.25, -0.2) is 0 Å². The molecule has 1 heterocycles. The number of hydrogen-bond acceptors (Lipinski definition) is 0. The lowest BCUT2D eigenvalue weighted by Crippen LogP contribution is -2.30. The fourth-order valence-corrected chi connectivity index (χ4v) is 4.23. The van der Waals surface area contributed by atoms with Crippen LogP contribution in [0, 0.1) is 11.8 Å². The van der Waals surface area contributed by atoms with Gasteiger partial charge in [0.2, 0.25) is 5.69 Å². The molecule has 1 aliphatic rings. The van der Waals surface area contributed by atoms with Gasteiger partial charge in [0.15, 0.2) is 5.71 Å². The van der Waals surface area contributed by atoms with E-state index in [0.29, 0.717) is 0 Å². The Morgan fingerprint density at radius 3 is 2.44 bits per heavy atom. The second kappa shape index (κ2) is 6.89. The molecule has 1 nitrogen and oxygen atoms in total. The van der Waals surface area contributed by atoms with Crippen LogP contribution in [-0.4, -0.2) is 17.3 Å². The topological polar surface area (TPSA) is 3.01 Å². The summed E-state index contributed by atoms with van der Waals surface area (Å²) in [5.41, 5.74) is 5.03. The molecule has 0 saturated carbocycles. The number of fused-ring (bicyclic) bond motifs is 3. The van der Waals surface area contributed by atoms with Crippen LogP contribution < -0.4 is 0 Å². The van der Waals surface area contributed by atoms with Crippen LogP contribution in [0.5, 0.6) is 0 Å². The third-order valence-corrected chi connectivity index (χ3v) is 5.60. The SMILES string of the molecule is CC#CCC1(C)C(/C=C/c2ccccc2)=[N+](C)c2ccc3ccccc3c21. The molecule has 0 aliphatic carbocycles. The highest BCUT2D eigenvalue weighted by Gasteiger charge is 2.47. The summed E-state index contributed by atoms with van der Waals surface area (Å²) < 4.78 is 2.33. The van der Waals surface area contributed by atoms with E-state index < -0.39 is 0 Å². The molecule has 0 radical (unpaired) electrons. The van der Waals surface area contributed by atoms with Crippen molar-refractivity contribution in [3.63, 3.8) is 0 Å². The van der Waals surface area contributed by atoms with E-state index in [1.165, 1.54) is 33.3 Å². The average Bonchev–Trinajstić information content (AvgIpc) is 2.93. The van der Waals surface area contributed by atoms with Gasteiger partial charge in [-0.15, -0.1) is 11.8 Å². The van der Waals surface area contributed by atoms with Crippen LogP contribution in [-0.2, 0) is 5.41 Å². The van der Waals surface area contributed by atoms with Crippen molar-refractivity contribution in [3.8, 4) is 11.8 Å². The standard InChI is InChI=1S/C26H24N/c1-4-5-19-26(2)24(18-15-20-11-7-6-8-12-20)27(3)23-17-16-21-13-9-10-14-22(21)25(23)26/h6-18H,19H2,1-3H3/q+1/b18-15+. The smallest absolute Gasteiger partial charge is 0.198 e. The van der Waals surface area contributed by atoms with Crippen molar-refractivity contribution in [2.24, 2.45) is 0 Å². The predicted molar refractivity (Wildman–Crippen MR) is 116 cm³/mol. The van der Waals surface area contributed by atoms with E-state index in [1.807, 2.05) is 6.92 Å². The molecule has 1 heteroatoms. The predicted octanol–water partition coefficient (Wildman–Crippen LogP) is 5.95. The Labute approximate surface area is 161 Å². The summed E-state index contributed by atoms with van der Waals surface area (Å²) in [5, 5.41) is 2.61. The fourth-order valence-electron chi connectivity index (χ4n) is 4.23.